The number of rotatable bonds is 17. The molecule has 0 N–H and O–H groups in total. The highest BCUT2D eigenvalue weighted by Gasteiger charge is 2.17. The maximum Gasteiger partial charge on any atom is 0.113 e. The predicted octanol–water partition coefficient (Wildman–Crippen LogP) is 6.80. The van der Waals surface area contributed by atoms with E-state index in [1.54, 1.807) is 0 Å². The lowest BCUT2D eigenvalue weighted by Gasteiger charge is -2.22. The van der Waals surface area contributed by atoms with Gasteiger partial charge in [-0.25, -0.2) is 0 Å². The van der Waals surface area contributed by atoms with Crippen molar-refractivity contribution in [3.05, 3.63) is 0 Å². The fourth-order valence-corrected chi connectivity index (χ4v) is 4.55. The molecule has 158 valence electrons. The fraction of sp³-hybridized carbons (Fsp3) is 1.00. The van der Waals surface area contributed by atoms with Crippen molar-refractivity contribution in [3.63, 3.8) is 0 Å². The lowest BCUT2D eigenvalue weighted by molar-refractivity contribution is 0.00630. The second-order valence-electron chi connectivity index (χ2n) is 8.68. The molecule has 0 aromatic carbocycles. The first kappa shape index (κ1) is 26.6. The van der Waals surface area contributed by atoms with Crippen molar-refractivity contribution in [2.24, 2.45) is 11.8 Å². The van der Waals surface area contributed by atoms with Gasteiger partial charge in [0.05, 0.1) is 26.4 Å². The summed E-state index contributed by atoms with van der Waals surface area (Å²) < 4.78 is 17.5. The van der Waals surface area contributed by atoms with Crippen molar-refractivity contribution < 1.29 is 14.2 Å². The highest BCUT2D eigenvalue weighted by molar-refractivity contribution is 8.77. The van der Waals surface area contributed by atoms with E-state index in [0.29, 0.717) is 32.3 Å². The van der Waals surface area contributed by atoms with Crippen LogP contribution in [0.2, 0.25) is 0 Å². The van der Waals surface area contributed by atoms with E-state index in [4.69, 9.17) is 14.2 Å². The molecule has 1 unspecified atom stereocenters. The quantitative estimate of drug-likeness (QED) is 0.150. The van der Waals surface area contributed by atoms with E-state index in [-0.39, 0.29) is 10.2 Å². The average Bonchev–Trinajstić information content (AvgIpc) is 2.52. The summed E-state index contributed by atoms with van der Waals surface area (Å²) in [6.07, 6.45) is 6.08. The molecule has 0 heterocycles. The van der Waals surface area contributed by atoms with Crippen LogP contribution in [0, 0.1) is 11.8 Å². The van der Waals surface area contributed by atoms with Gasteiger partial charge in [0.25, 0.3) is 0 Å². The van der Waals surface area contributed by atoms with Gasteiger partial charge in [0.15, 0.2) is 0 Å². The van der Waals surface area contributed by atoms with Crippen molar-refractivity contribution >= 4 is 21.6 Å². The normalized spacial score (nSPS) is 13.7. The number of unbranched alkanes of at least 4 members (excludes halogenated alkanes) is 1. The number of hydrogen-bond donors (Lipinski definition) is 0. The zero-order chi connectivity index (χ0) is 19.8. The van der Waals surface area contributed by atoms with Crippen LogP contribution in [0.15, 0.2) is 0 Å². The van der Waals surface area contributed by atoms with Gasteiger partial charge in [-0.1, -0.05) is 82.9 Å². The van der Waals surface area contributed by atoms with E-state index >= 15 is 0 Å². The summed E-state index contributed by atoms with van der Waals surface area (Å²) in [4.78, 5) is 0. The molecule has 0 amide bonds. The Labute approximate surface area is 171 Å². The monoisotopic (exact) mass is 408 g/mol. The maximum atomic E-state index is 6.08. The first-order chi connectivity index (χ1) is 12.2. The van der Waals surface area contributed by atoms with E-state index in [1.165, 1.54) is 19.3 Å². The van der Waals surface area contributed by atoms with Gasteiger partial charge in [-0.05, 0) is 31.1 Å². The third-order valence-electron chi connectivity index (χ3n) is 3.62. The Balaban J connectivity index is 3.80. The molecule has 0 aromatic heterocycles. The highest BCUT2D eigenvalue weighted by Crippen LogP contribution is 2.39. The molecular weight excluding hydrogens is 364 g/mol. The van der Waals surface area contributed by atoms with Gasteiger partial charge in [-0.3, -0.25) is 0 Å². The van der Waals surface area contributed by atoms with Crippen molar-refractivity contribution in [2.75, 3.05) is 33.0 Å². The molecule has 0 spiro atoms. The summed E-state index contributed by atoms with van der Waals surface area (Å²) >= 11 is 0. The van der Waals surface area contributed by atoms with Crippen molar-refractivity contribution in [1.82, 2.24) is 0 Å². The summed E-state index contributed by atoms with van der Waals surface area (Å²) in [6.45, 7) is 19.3. The zero-order valence-electron chi connectivity index (χ0n) is 18.3. The summed E-state index contributed by atoms with van der Waals surface area (Å²) in [5, 5.41) is 0. The van der Waals surface area contributed by atoms with Crippen LogP contribution in [0.25, 0.3) is 0 Å². The van der Waals surface area contributed by atoms with Gasteiger partial charge >= 0.3 is 0 Å². The van der Waals surface area contributed by atoms with Gasteiger partial charge in [0.1, 0.15) is 5.44 Å². The lowest BCUT2D eigenvalue weighted by atomic mass is 10.1. The molecule has 0 rings (SSSR count). The van der Waals surface area contributed by atoms with Crippen LogP contribution in [0.5, 0.6) is 0 Å². The number of ether oxygens (including phenoxy) is 3. The molecule has 0 radical (unpaired) electrons. The summed E-state index contributed by atoms with van der Waals surface area (Å²) in [5.74, 6) is 1.49. The molecule has 26 heavy (non-hydrogen) atoms. The van der Waals surface area contributed by atoms with Crippen molar-refractivity contribution in [1.29, 1.82) is 0 Å². The van der Waals surface area contributed by atoms with Gasteiger partial charge in [-0.2, -0.15) is 0 Å². The van der Waals surface area contributed by atoms with Crippen LogP contribution in [0.4, 0.5) is 0 Å². The second-order valence-corrected chi connectivity index (χ2v) is 11.9. The molecule has 0 saturated carbocycles. The van der Waals surface area contributed by atoms with E-state index in [1.807, 2.05) is 21.6 Å². The molecule has 0 bridgehead atoms. The van der Waals surface area contributed by atoms with Crippen molar-refractivity contribution in [2.45, 2.75) is 90.8 Å². The summed E-state index contributed by atoms with van der Waals surface area (Å²) in [5.41, 5.74) is 0.261. The van der Waals surface area contributed by atoms with Gasteiger partial charge < -0.3 is 14.2 Å². The maximum absolute atomic E-state index is 6.08. The minimum Gasteiger partial charge on any atom is -0.379 e. The molecule has 5 heteroatoms. The van der Waals surface area contributed by atoms with Gasteiger partial charge in [0.2, 0.25) is 0 Å². The third-order valence-corrected chi connectivity index (χ3v) is 7.23. The SMILES string of the molecule is CC(C)CCCCC(OCCOCCOCCC(C)C)SSC(C)(C)C. The molecule has 0 aliphatic carbocycles. The van der Waals surface area contributed by atoms with Gasteiger partial charge in [0, 0.05) is 11.4 Å². The zero-order valence-corrected chi connectivity index (χ0v) is 20.0. The Morgan fingerprint density at radius 2 is 1.23 bits per heavy atom. The van der Waals surface area contributed by atoms with E-state index in [9.17, 15) is 0 Å². The Hall–Kier alpha value is 0.580. The second kappa shape index (κ2) is 16.5. The Morgan fingerprint density at radius 3 is 1.81 bits per heavy atom. The van der Waals surface area contributed by atoms with Crippen LogP contribution < -0.4 is 0 Å². The minimum absolute atomic E-state index is 0.258. The largest absolute Gasteiger partial charge is 0.379 e. The first-order valence-electron chi connectivity index (χ1n) is 10.3. The van der Waals surface area contributed by atoms with Crippen LogP contribution in [-0.2, 0) is 14.2 Å². The first-order valence-corrected chi connectivity index (χ1v) is 12.5. The van der Waals surface area contributed by atoms with E-state index < -0.39 is 0 Å². The van der Waals surface area contributed by atoms with Crippen LogP contribution >= 0.6 is 21.6 Å². The molecule has 0 fully saturated rings. The van der Waals surface area contributed by atoms with Crippen LogP contribution in [0.3, 0.4) is 0 Å². The van der Waals surface area contributed by atoms with Crippen LogP contribution in [-0.4, -0.2) is 43.2 Å². The number of hydrogen-bond acceptors (Lipinski definition) is 5. The average molecular weight is 409 g/mol. The molecule has 0 saturated heterocycles. The molecule has 0 aliphatic rings. The summed E-state index contributed by atoms with van der Waals surface area (Å²) in [7, 11) is 3.80. The molecule has 0 aromatic rings. The highest BCUT2D eigenvalue weighted by atomic mass is 33.1. The van der Waals surface area contributed by atoms with Crippen molar-refractivity contribution in [3.8, 4) is 0 Å². The third kappa shape index (κ3) is 20.9. The molecule has 0 aliphatic heterocycles. The van der Waals surface area contributed by atoms with Gasteiger partial charge in [-0.15, -0.1) is 0 Å². The fourth-order valence-electron chi connectivity index (χ4n) is 2.10. The predicted molar refractivity (Wildman–Crippen MR) is 119 cm³/mol. The minimum atomic E-state index is 0.258. The lowest BCUT2D eigenvalue weighted by Crippen LogP contribution is -2.16. The molecule has 1 atom stereocenters. The standard InChI is InChI=1S/C21H44O3S2/c1-18(2)10-8-9-11-20(25-26-21(5,6)7)24-17-16-23-15-14-22-13-12-19(3)4/h18-20H,8-17H2,1-7H3. The Morgan fingerprint density at radius 1 is 0.692 bits per heavy atom. The Bertz CT molecular complexity index is 304. The molecular formula is C21H44O3S2. The van der Waals surface area contributed by atoms with E-state index in [2.05, 4.69) is 48.5 Å². The summed E-state index contributed by atoms with van der Waals surface area (Å²) in [6, 6.07) is 0. The van der Waals surface area contributed by atoms with Crippen LogP contribution in [0.1, 0.15) is 80.6 Å². The smallest absolute Gasteiger partial charge is 0.113 e. The topological polar surface area (TPSA) is 27.7 Å². The Kier molecular flexibility index (Phi) is 16.9. The molecule has 3 nitrogen and oxygen atoms in total. The van der Waals surface area contributed by atoms with E-state index in [0.717, 1.165) is 25.4 Å².